The Morgan fingerprint density at radius 2 is 1.76 bits per heavy atom. The molecule has 0 aromatic heterocycles. The highest BCUT2D eigenvalue weighted by atomic mass is 35.5. The highest BCUT2D eigenvalue weighted by molar-refractivity contribution is 6.31. The number of rotatable bonds is 4. The smallest absolute Gasteiger partial charge is 0.165 e. The number of halogens is 1. The van der Waals surface area contributed by atoms with Crippen LogP contribution in [-0.4, -0.2) is 19.8 Å². The second-order valence-electron chi connectivity index (χ2n) is 4.87. The van der Waals surface area contributed by atoms with Crippen molar-refractivity contribution in [3.05, 3.63) is 22.2 Å². The molecule has 0 radical (unpaired) electrons. The van der Waals surface area contributed by atoms with Crippen molar-refractivity contribution < 1.29 is 9.47 Å². The summed E-state index contributed by atoms with van der Waals surface area (Å²) in [6.45, 7) is 5.83. The molecule has 0 saturated heterocycles. The fourth-order valence-corrected chi connectivity index (χ4v) is 2.06. The van der Waals surface area contributed by atoms with Gasteiger partial charge < -0.3 is 15.2 Å². The van der Waals surface area contributed by atoms with Crippen LogP contribution in [0.5, 0.6) is 11.5 Å². The summed E-state index contributed by atoms with van der Waals surface area (Å²) in [5.74, 6) is 1.40. The van der Waals surface area contributed by atoms with Crippen LogP contribution < -0.4 is 15.2 Å². The van der Waals surface area contributed by atoms with E-state index < -0.39 is 0 Å². The van der Waals surface area contributed by atoms with Crippen LogP contribution in [0, 0.1) is 6.92 Å². The topological polar surface area (TPSA) is 44.5 Å². The van der Waals surface area contributed by atoms with E-state index in [9.17, 15) is 0 Å². The number of hydrogen-bond acceptors (Lipinski definition) is 3. The standard InChI is InChI=1S/C13H20ClNO2/c1-8-10(14)6-9(7-13(2,3)15)12(17-5)11(8)16-4/h6H,7,15H2,1-5H3. The molecule has 0 aliphatic carbocycles. The van der Waals surface area contributed by atoms with E-state index in [-0.39, 0.29) is 5.54 Å². The minimum atomic E-state index is -0.323. The van der Waals surface area contributed by atoms with Crippen LogP contribution in [0.25, 0.3) is 0 Å². The Balaban J connectivity index is 3.34. The number of methoxy groups -OCH3 is 2. The third-order valence-electron chi connectivity index (χ3n) is 2.55. The first kappa shape index (κ1) is 14.1. The summed E-state index contributed by atoms with van der Waals surface area (Å²) in [6, 6.07) is 1.90. The Kier molecular flexibility index (Phi) is 4.28. The predicted molar refractivity (Wildman–Crippen MR) is 71.3 cm³/mol. The molecule has 3 nitrogen and oxygen atoms in total. The van der Waals surface area contributed by atoms with Gasteiger partial charge in [-0.1, -0.05) is 11.6 Å². The van der Waals surface area contributed by atoms with Crippen molar-refractivity contribution >= 4 is 11.6 Å². The zero-order valence-electron chi connectivity index (χ0n) is 11.1. The zero-order chi connectivity index (χ0) is 13.2. The fourth-order valence-electron chi connectivity index (χ4n) is 1.84. The van der Waals surface area contributed by atoms with E-state index in [0.717, 1.165) is 11.1 Å². The molecule has 0 saturated carbocycles. The molecular formula is C13H20ClNO2. The van der Waals surface area contributed by atoms with Crippen LogP contribution in [0.3, 0.4) is 0 Å². The van der Waals surface area contributed by atoms with Gasteiger partial charge in [-0.2, -0.15) is 0 Å². The normalized spacial score (nSPS) is 11.5. The lowest BCUT2D eigenvalue weighted by Crippen LogP contribution is -2.34. The Bertz CT molecular complexity index is 411. The van der Waals surface area contributed by atoms with Crippen molar-refractivity contribution in [2.45, 2.75) is 32.7 Å². The van der Waals surface area contributed by atoms with Gasteiger partial charge in [-0.05, 0) is 33.3 Å². The molecule has 1 aromatic rings. The van der Waals surface area contributed by atoms with E-state index in [1.807, 2.05) is 26.8 Å². The lowest BCUT2D eigenvalue weighted by molar-refractivity contribution is 0.346. The van der Waals surface area contributed by atoms with E-state index >= 15 is 0 Å². The van der Waals surface area contributed by atoms with Gasteiger partial charge in [-0.25, -0.2) is 0 Å². The number of nitrogens with two attached hydrogens (primary N) is 1. The third kappa shape index (κ3) is 3.27. The van der Waals surface area contributed by atoms with Crippen LogP contribution in [0.1, 0.15) is 25.0 Å². The van der Waals surface area contributed by atoms with Gasteiger partial charge in [0.25, 0.3) is 0 Å². The molecule has 1 aromatic carbocycles. The zero-order valence-corrected chi connectivity index (χ0v) is 11.8. The van der Waals surface area contributed by atoms with Crippen LogP contribution in [0.4, 0.5) is 0 Å². The van der Waals surface area contributed by atoms with Gasteiger partial charge in [0.05, 0.1) is 14.2 Å². The van der Waals surface area contributed by atoms with Crippen molar-refractivity contribution in [1.29, 1.82) is 0 Å². The van der Waals surface area contributed by atoms with Gasteiger partial charge >= 0.3 is 0 Å². The molecule has 0 aliphatic rings. The lowest BCUT2D eigenvalue weighted by atomic mass is 9.94. The molecule has 2 N–H and O–H groups in total. The molecule has 1 rings (SSSR count). The van der Waals surface area contributed by atoms with Gasteiger partial charge in [0.2, 0.25) is 0 Å². The maximum Gasteiger partial charge on any atom is 0.165 e. The summed E-state index contributed by atoms with van der Waals surface area (Å²) in [5.41, 5.74) is 7.55. The Labute approximate surface area is 108 Å². The molecule has 0 spiro atoms. The average Bonchev–Trinajstić information content (AvgIpc) is 2.20. The van der Waals surface area contributed by atoms with Gasteiger partial charge in [-0.15, -0.1) is 0 Å². The highest BCUT2D eigenvalue weighted by Gasteiger charge is 2.20. The first-order valence-electron chi connectivity index (χ1n) is 5.49. The molecule has 0 bridgehead atoms. The third-order valence-corrected chi connectivity index (χ3v) is 2.94. The predicted octanol–water partition coefficient (Wildman–Crippen LogP) is 2.95. The molecule has 0 unspecified atom stereocenters. The van der Waals surface area contributed by atoms with Gasteiger partial charge in [-0.3, -0.25) is 0 Å². The number of benzene rings is 1. The maximum atomic E-state index is 6.18. The molecule has 0 fully saturated rings. The SMILES string of the molecule is COc1c(CC(C)(C)N)cc(Cl)c(C)c1OC. The molecule has 0 atom stereocenters. The first-order valence-corrected chi connectivity index (χ1v) is 5.86. The second kappa shape index (κ2) is 5.15. The minimum Gasteiger partial charge on any atom is -0.493 e. The summed E-state index contributed by atoms with van der Waals surface area (Å²) in [7, 11) is 3.23. The van der Waals surface area contributed by atoms with E-state index in [1.165, 1.54) is 0 Å². The van der Waals surface area contributed by atoms with Gasteiger partial charge in [0.15, 0.2) is 11.5 Å². The first-order chi connectivity index (χ1) is 7.80. The van der Waals surface area contributed by atoms with Crippen molar-refractivity contribution in [2.24, 2.45) is 5.73 Å². The Morgan fingerprint density at radius 1 is 1.24 bits per heavy atom. The highest BCUT2D eigenvalue weighted by Crippen LogP contribution is 2.39. The van der Waals surface area contributed by atoms with E-state index in [2.05, 4.69) is 0 Å². The van der Waals surface area contributed by atoms with Crippen LogP contribution >= 0.6 is 11.6 Å². The van der Waals surface area contributed by atoms with Crippen molar-refractivity contribution in [2.75, 3.05) is 14.2 Å². The maximum absolute atomic E-state index is 6.18. The molecule has 0 aliphatic heterocycles. The molecule has 96 valence electrons. The summed E-state index contributed by atoms with van der Waals surface area (Å²) in [5, 5.41) is 0.668. The van der Waals surface area contributed by atoms with Crippen LogP contribution in [0.2, 0.25) is 5.02 Å². The monoisotopic (exact) mass is 257 g/mol. The minimum absolute atomic E-state index is 0.323. The summed E-state index contributed by atoms with van der Waals surface area (Å²) in [4.78, 5) is 0. The van der Waals surface area contributed by atoms with Crippen LogP contribution in [-0.2, 0) is 6.42 Å². The molecule has 0 amide bonds. The molecule has 4 heteroatoms. The molecular weight excluding hydrogens is 238 g/mol. The number of hydrogen-bond donors (Lipinski definition) is 1. The lowest BCUT2D eigenvalue weighted by Gasteiger charge is -2.22. The van der Waals surface area contributed by atoms with E-state index in [0.29, 0.717) is 22.9 Å². The average molecular weight is 258 g/mol. The fraction of sp³-hybridized carbons (Fsp3) is 0.538. The van der Waals surface area contributed by atoms with Crippen molar-refractivity contribution in [3.8, 4) is 11.5 Å². The quantitative estimate of drug-likeness (QED) is 0.902. The van der Waals surface area contributed by atoms with Crippen molar-refractivity contribution in [1.82, 2.24) is 0 Å². The second-order valence-corrected chi connectivity index (χ2v) is 5.28. The van der Waals surface area contributed by atoms with Gasteiger partial charge in [0, 0.05) is 21.7 Å². The van der Waals surface area contributed by atoms with Gasteiger partial charge in [0.1, 0.15) is 0 Å². The summed E-state index contributed by atoms with van der Waals surface area (Å²) < 4.78 is 10.8. The van der Waals surface area contributed by atoms with Crippen LogP contribution in [0.15, 0.2) is 6.07 Å². The van der Waals surface area contributed by atoms with E-state index in [1.54, 1.807) is 14.2 Å². The largest absolute Gasteiger partial charge is 0.493 e. The summed E-state index contributed by atoms with van der Waals surface area (Å²) in [6.07, 6.45) is 0.673. The van der Waals surface area contributed by atoms with Crippen molar-refractivity contribution in [3.63, 3.8) is 0 Å². The Hall–Kier alpha value is -0.930. The number of ether oxygens (including phenoxy) is 2. The van der Waals surface area contributed by atoms with E-state index in [4.69, 9.17) is 26.8 Å². The Morgan fingerprint density at radius 3 is 2.18 bits per heavy atom. The molecule has 0 heterocycles. The molecule has 17 heavy (non-hydrogen) atoms. The summed E-state index contributed by atoms with van der Waals surface area (Å²) >= 11 is 6.18.